The van der Waals surface area contributed by atoms with Crippen LogP contribution in [0.3, 0.4) is 0 Å². The van der Waals surface area contributed by atoms with Crippen molar-refractivity contribution in [3.05, 3.63) is 89.5 Å². The number of carbonyl (C=O) groups is 2. The zero-order valence-corrected chi connectivity index (χ0v) is 18.0. The quantitative estimate of drug-likeness (QED) is 0.147. The second-order valence-corrected chi connectivity index (χ2v) is 7.75. The van der Waals surface area contributed by atoms with E-state index in [1.165, 1.54) is 18.0 Å². The van der Waals surface area contributed by atoms with Crippen molar-refractivity contribution < 1.29 is 18.7 Å². The van der Waals surface area contributed by atoms with Crippen LogP contribution in [-0.2, 0) is 4.79 Å². The van der Waals surface area contributed by atoms with Crippen molar-refractivity contribution >= 4 is 41.0 Å². The van der Waals surface area contributed by atoms with E-state index in [1.54, 1.807) is 36.4 Å². The van der Waals surface area contributed by atoms with Gasteiger partial charge < -0.3 is 9.15 Å². The summed E-state index contributed by atoms with van der Waals surface area (Å²) in [5, 5.41) is 4.38. The number of nitrogens with one attached hydrogen (secondary N) is 1. The fourth-order valence-electron chi connectivity index (χ4n) is 2.77. The zero-order valence-electron chi connectivity index (χ0n) is 17.1. The molecule has 1 amide bonds. The fraction of sp³-hybridized carbons (Fsp3) is 0.0833. The second-order valence-electron chi connectivity index (χ2n) is 6.82. The van der Waals surface area contributed by atoms with Crippen LogP contribution < -0.4 is 10.2 Å². The van der Waals surface area contributed by atoms with Crippen LogP contribution >= 0.6 is 11.8 Å². The van der Waals surface area contributed by atoms with Gasteiger partial charge in [0.1, 0.15) is 11.3 Å². The average Bonchev–Trinajstić information content (AvgIpc) is 3.22. The number of nitrogens with zero attached hydrogens (tertiary/aromatic N) is 2. The Kier molecular flexibility index (Phi) is 6.62. The maximum Gasteiger partial charge on any atom is 0.343 e. The third-order valence-electron chi connectivity index (χ3n) is 4.40. The van der Waals surface area contributed by atoms with Gasteiger partial charge in [0, 0.05) is 5.56 Å². The molecule has 8 heteroatoms. The van der Waals surface area contributed by atoms with E-state index in [-0.39, 0.29) is 11.7 Å². The summed E-state index contributed by atoms with van der Waals surface area (Å²) in [6, 6.07) is 21.5. The van der Waals surface area contributed by atoms with E-state index in [4.69, 9.17) is 9.15 Å². The van der Waals surface area contributed by atoms with E-state index >= 15 is 0 Å². The van der Waals surface area contributed by atoms with Crippen molar-refractivity contribution in [1.82, 2.24) is 10.4 Å². The van der Waals surface area contributed by atoms with E-state index in [1.807, 2.05) is 43.3 Å². The van der Waals surface area contributed by atoms with E-state index < -0.39 is 5.97 Å². The molecule has 4 rings (SSSR count). The first kappa shape index (κ1) is 21.3. The summed E-state index contributed by atoms with van der Waals surface area (Å²) in [5.41, 5.74) is 5.93. The van der Waals surface area contributed by atoms with Crippen LogP contribution in [0.25, 0.3) is 11.1 Å². The molecule has 1 aromatic heterocycles. The first-order valence-corrected chi connectivity index (χ1v) is 10.8. The van der Waals surface area contributed by atoms with Crippen molar-refractivity contribution in [1.29, 1.82) is 0 Å². The van der Waals surface area contributed by atoms with E-state index in [0.717, 1.165) is 11.1 Å². The third kappa shape index (κ3) is 5.41. The normalized spacial score (nSPS) is 11.0. The average molecular weight is 446 g/mol. The summed E-state index contributed by atoms with van der Waals surface area (Å²) in [5.74, 6) is -0.349. The highest BCUT2D eigenvalue weighted by Crippen LogP contribution is 2.23. The number of thioether (sulfide) groups is 1. The lowest BCUT2D eigenvalue weighted by molar-refractivity contribution is -0.118. The minimum Gasteiger partial charge on any atom is -0.431 e. The van der Waals surface area contributed by atoms with Gasteiger partial charge in [0.05, 0.1) is 17.5 Å². The van der Waals surface area contributed by atoms with E-state index in [2.05, 4.69) is 15.5 Å². The first-order chi connectivity index (χ1) is 15.6. The number of hydrogen-bond acceptors (Lipinski definition) is 7. The standard InChI is InChI=1S/C24H19N3O4S/c1-16-10-12-17(13-11-16)23(29)30-20-8-4-2-6-18(20)14-25-27-22(28)15-32-24-26-19-7-3-5-9-21(19)31-24/h2-14H,15H2,1H3,(H,27,28)/b25-14-. The first-order valence-electron chi connectivity index (χ1n) is 9.76. The number of fused-ring (bicyclic) bond motifs is 1. The molecule has 0 saturated heterocycles. The van der Waals surface area contributed by atoms with Gasteiger partial charge in [0.2, 0.25) is 0 Å². The molecule has 0 fully saturated rings. The Morgan fingerprint density at radius 1 is 1.06 bits per heavy atom. The van der Waals surface area contributed by atoms with E-state index in [9.17, 15) is 9.59 Å². The van der Waals surface area contributed by atoms with Gasteiger partial charge in [-0.3, -0.25) is 4.79 Å². The Hall–Kier alpha value is -3.91. The number of aromatic nitrogens is 1. The molecule has 4 aromatic rings. The topological polar surface area (TPSA) is 93.8 Å². The van der Waals surface area contributed by atoms with Crippen LogP contribution in [0, 0.1) is 6.92 Å². The summed E-state index contributed by atoms with van der Waals surface area (Å²) >= 11 is 1.18. The fourth-order valence-corrected chi connectivity index (χ4v) is 3.41. The van der Waals surface area contributed by atoms with Crippen molar-refractivity contribution in [3.8, 4) is 5.75 Å². The van der Waals surface area contributed by atoms with Gasteiger partial charge in [-0.15, -0.1) is 0 Å². The van der Waals surface area contributed by atoms with Crippen LogP contribution in [0.2, 0.25) is 0 Å². The molecule has 0 aliphatic heterocycles. The summed E-state index contributed by atoms with van der Waals surface area (Å²) in [7, 11) is 0. The van der Waals surface area contributed by atoms with Gasteiger partial charge in [0.15, 0.2) is 5.58 Å². The van der Waals surface area contributed by atoms with Crippen LogP contribution in [0.4, 0.5) is 0 Å². The number of hydrazone groups is 1. The molecule has 1 heterocycles. The lowest BCUT2D eigenvalue weighted by atomic mass is 10.1. The summed E-state index contributed by atoms with van der Waals surface area (Å²) in [4.78, 5) is 28.8. The molecule has 0 spiro atoms. The lowest BCUT2D eigenvalue weighted by Gasteiger charge is -2.07. The Bertz CT molecular complexity index is 1250. The molecule has 0 saturated carbocycles. The Balaban J connectivity index is 1.33. The minimum absolute atomic E-state index is 0.0915. The minimum atomic E-state index is -0.468. The maximum atomic E-state index is 12.4. The molecule has 0 aliphatic rings. The van der Waals surface area contributed by atoms with E-state index in [0.29, 0.717) is 27.7 Å². The number of aryl methyl sites for hydroxylation is 1. The van der Waals surface area contributed by atoms with Crippen LogP contribution in [0.5, 0.6) is 5.75 Å². The van der Waals surface area contributed by atoms with Gasteiger partial charge >= 0.3 is 5.97 Å². The largest absolute Gasteiger partial charge is 0.431 e. The zero-order chi connectivity index (χ0) is 22.3. The highest BCUT2D eigenvalue weighted by molar-refractivity contribution is 7.99. The van der Waals surface area contributed by atoms with Crippen LogP contribution in [0.1, 0.15) is 21.5 Å². The number of rotatable bonds is 7. The Morgan fingerprint density at radius 3 is 2.62 bits per heavy atom. The number of para-hydroxylation sites is 3. The number of benzene rings is 3. The molecule has 0 unspecified atom stereocenters. The van der Waals surface area contributed by atoms with Gasteiger partial charge in [-0.05, 0) is 43.3 Å². The number of carbonyl (C=O) groups excluding carboxylic acids is 2. The maximum absolute atomic E-state index is 12.4. The Labute approximate surface area is 188 Å². The molecule has 3 aromatic carbocycles. The predicted molar refractivity (Wildman–Crippen MR) is 123 cm³/mol. The van der Waals surface area contributed by atoms with Gasteiger partial charge in [-0.2, -0.15) is 5.10 Å². The molecule has 0 bridgehead atoms. The molecular weight excluding hydrogens is 426 g/mol. The van der Waals surface area contributed by atoms with Crippen molar-refractivity contribution in [3.63, 3.8) is 0 Å². The molecule has 0 atom stereocenters. The molecule has 7 nitrogen and oxygen atoms in total. The van der Waals surface area contributed by atoms with Crippen molar-refractivity contribution in [2.75, 3.05) is 5.75 Å². The second kappa shape index (κ2) is 9.93. The SMILES string of the molecule is Cc1ccc(C(=O)Oc2ccccc2/C=N\NC(=O)CSc2nc3ccccc3o2)cc1. The highest BCUT2D eigenvalue weighted by atomic mass is 32.2. The highest BCUT2D eigenvalue weighted by Gasteiger charge is 2.11. The van der Waals surface area contributed by atoms with Crippen LogP contribution in [-0.4, -0.2) is 28.8 Å². The molecule has 0 radical (unpaired) electrons. The van der Waals surface area contributed by atoms with Crippen molar-refractivity contribution in [2.24, 2.45) is 5.10 Å². The predicted octanol–water partition coefficient (Wildman–Crippen LogP) is 4.60. The third-order valence-corrected chi connectivity index (χ3v) is 5.23. The number of hydrogen-bond donors (Lipinski definition) is 1. The molecule has 1 N–H and O–H groups in total. The van der Waals surface area contributed by atoms with Gasteiger partial charge in [0.25, 0.3) is 11.1 Å². The van der Waals surface area contributed by atoms with Gasteiger partial charge in [-0.1, -0.05) is 53.7 Å². The lowest BCUT2D eigenvalue weighted by Crippen LogP contribution is -2.19. The summed E-state index contributed by atoms with van der Waals surface area (Å²) in [6.07, 6.45) is 1.43. The number of amides is 1. The molecule has 32 heavy (non-hydrogen) atoms. The van der Waals surface area contributed by atoms with Gasteiger partial charge in [-0.25, -0.2) is 15.2 Å². The molecule has 160 valence electrons. The number of esters is 1. The van der Waals surface area contributed by atoms with Crippen molar-refractivity contribution in [2.45, 2.75) is 12.1 Å². The number of ether oxygens (including phenoxy) is 1. The number of oxazole rings is 1. The summed E-state index contributed by atoms with van der Waals surface area (Å²) < 4.78 is 11.1. The summed E-state index contributed by atoms with van der Waals surface area (Å²) in [6.45, 7) is 1.95. The molecular formula is C24H19N3O4S. The van der Waals surface area contributed by atoms with Crippen LogP contribution in [0.15, 0.2) is 87.5 Å². The monoisotopic (exact) mass is 445 g/mol. The molecule has 0 aliphatic carbocycles. The Morgan fingerprint density at radius 2 is 1.81 bits per heavy atom. The smallest absolute Gasteiger partial charge is 0.343 e.